The van der Waals surface area contributed by atoms with Crippen LogP contribution in [0.2, 0.25) is 0 Å². The van der Waals surface area contributed by atoms with Gasteiger partial charge in [-0.05, 0) is 31.0 Å². The highest BCUT2D eigenvalue weighted by atomic mass is 32.2. The monoisotopic (exact) mass is 292 g/mol. The van der Waals surface area contributed by atoms with Gasteiger partial charge in [-0.25, -0.2) is 13.1 Å². The molecule has 1 aromatic heterocycles. The predicted octanol–water partition coefficient (Wildman–Crippen LogP) is 1.46. The molecule has 1 aromatic carbocycles. The zero-order valence-corrected chi connectivity index (χ0v) is 11.7. The molecule has 0 spiro atoms. The molecule has 1 saturated carbocycles. The molecule has 0 atom stereocenters. The first-order chi connectivity index (χ1) is 9.65. The fraction of sp³-hybridized carbons (Fsp3) is 0.308. The smallest absolute Gasteiger partial charge is 0.242 e. The molecule has 1 aliphatic carbocycles. The summed E-state index contributed by atoms with van der Waals surface area (Å²) >= 11 is 0. The fourth-order valence-corrected chi connectivity index (χ4v) is 3.39. The maximum Gasteiger partial charge on any atom is 0.242 e. The number of anilines is 1. The average Bonchev–Trinajstić information content (AvgIpc) is 3.07. The third kappa shape index (κ3) is 3.00. The van der Waals surface area contributed by atoms with E-state index in [4.69, 9.17) is 0 Å². The van der Waals surface area contributed by atoms with E-state index in [1.165, 1.54) is 0 Å². The maximum absolute atomic E-state index is 12.3. The molecule has 3 N–H and O–H groups in total. The Morgan fingerprint density at radius 3 is 2.75 bits per heavy atom. The summed E-state index contributed by atoms with van der Waals surface area (Å²) in [6.07, 6.45) is 3.50. The van der Waals surface area contributed by atoms with Crippen molar-refractivity contribution in [3.8, 4) is 0 Å². The standard InChI is InChI=1S/C13H16N4O2S/c18-20(19,17-10-5-6-10)13-4-2-1-3-12(13)14-9-11-7-8-15-16-11/h1-4,7-8,10,14,17H,5-6,9H2,(H,15,16). The van der Waals surface area contributed by atoms with E-state index in [1.54, 1.807) is 24.4 Å². The molecule has 0 radical (unpaired) electrons. The molecule has 0 amide bonds. The number of nitrogens with zero attached hydrogens (tertiary/aromatic N) is 1. The topological polar surface area (TPSA) is 86.9 Å². The fourth-order valence-electron chi connectivity index (χ4n) is 1.90. The second-order valence-corrected chi connectivity index (χ2v) is 6.51. The number of benzene rings is 1. The molecular weight excluding hydrogens is 276 g/mol. The molecule has 2 aromatic rings. The van der Waals surface area contributed by atoms with Gasteiger partial charge in [0.25, 0.3) is 0 Å². The van der Waals surface area contributed by atoms with E-state index in [-0.39, 0.29) is 10.9 Å². The quantitative estimate of drug-likeness (QED) is 0.752. The second kappa shape index (κ2) is 5.26. The summed E-state index contributed by atoms with van der Waals surface area (Å²) in [7, 11) is -3.46. The summed E-state index contributed by atoms with van der Waals surface area (Å²) in [5.74, 6) is 0. The summed E-state index contributed by atoms with van der Waals surface area (Å²) in [6.45, 7) is 0.496. The van der Waals surface area contributed by atoms with Gasteiger partial charge in [-0.15, -0.1) is 0 Å². The van der Waals surface area contributed by atoms with Crippen LogP contribution in [0.3, 0.4) is 0 Å². The van der Waals surface area contributed by atoms with E-state index in [0.29, 0.717) is 12.2 Å². The van der Waals surface area contributed by atoms with Gasteiger partial charge >= 0.3 is 0 Å². The Balaban J connectivity index is 1.80. The van der Waals surface area contributed by atoms with E-state index in [0.717, 1.165) is 18.5 Å². The van der Waals surface area contributed by atoms with Gasteiger partial charge in [-0.3, -0.25) is 5.10 Å². The lowest BCUT2D eigenvalue weighted by molar-refractivity contribution is 0.581. The summed E-state index contributed by atoms with van der Waals surface area (Å²) < 4.78 is 27.3. The largest absolute Gasteiger partial charge is 0.378 e. The van der Waals surface area contributed by atoms with Crippen LogP contribution in [0, 0.1) is 0 Å². The van der Waals surface area contributed by atoms with Gasteiger partial charge in [0.15, 0.2) is 0 Å². The minimum Gasteiger partial charge on any atom is -0.378 e. The zero-order chi connectivity index (χ0) is 14.0. The summed E-state index contributed by atoms with van der Waals surface area (Å²) in [6, 6.07) is 8.85. The number of H-pyrrole nitrogens is 1. The van der Waals surface area contributed by atoms with Crippen molar-refractivity contribution in [3.05, 3.63) is 42.2 Å². The Labute approximate surface area is 117 Å². The van der Waals surface area contributed by atoms with E-state index in [1.807, 2.05) is 12.1 Å². The van der Waals surface area contributed by atoms with Crippen LogP contribution in [0.25, 0.3) is 0 Å². The van der Waals surface area contributed by atoms with Crippen LogP contribution in [-0.4, -0.2) is 24.7 Å². The number of nitrogens with one attached hydrogen (secondary N) is 3. The van der Waals surface area contributed by atoms with Crippen molar-refractivity contribution < 1.29 is 8.42 Å². The van der Waals surface area contributed by atoms with Gasteiger partial charge in [-0.1, -0.05) is 12.1 Å². The molecule has 7 heteroatoms. The first-order valence-corrected chi connectivity index (χ1v) is 7.97. The van der Waals surface area contributed by atoms with E-state index >= 15 is 0 Å². The third-order valence-corrected chi connectivity index (χ3v) is 4.68. The van der Waals surface area contributed by atoms with Crippen molar-refractivity contribution in [3.63, 3.8) is 0 Å². The molecule has 0 bridgehead atoms. The normalized spacial score (nSPS) is 15.2. The van der Waals surface area contributed by atoms with Crippen LogP contribution in [0.15, 0.2) is 41.4 Å². The number of hydrogen-bond acceptors (Lipinski definition) is 4. The van der Waals surface area contributed by atoms with Crippen molar-refractivity contribution in [1.82, 2.24) is 14.9 Å². The molecule has 1 fully saturated rings. The number of hydrogen-bond donors (Lipinski definition) is 3. The van der Waals surface area contributed by atoms with Crippen molar-refractivity contribution in [2.24, 2.45) is 0 Å². The van der Waals surface area contributed by atoms with Crippen LogP contribution in [0.4, 0.5) is 5.69 Å². The molecular formula is C13H16N4O2S. The van der Waals surface area contributed by atoms with Gasteiger partial charge in [0.2, 0.25) is 10.0 Å². The number of para-hydroxylation sites is 1. The predicted molar refractivity (Wildman–Crippen MR) is 75.7 cm³/mol. The molecule has 106 valence electrons. The zero-order valence-electron chi connectivity index (χ0n) is 10.8. The van der Waals surface area contributed by atoms with Crippen molar-refractivity contribution in [2.45, 2.75) is 30.3 Å². The van der Waals surface area contributed by atoms with Crippen LogP contribution >= 0.6 is 0 Å². The summed E-state index contributed by atoms with van der Waals surface area (Å²) in [5, 5.41) is 9.81. The summed E-state index contributed by atoms with van der Waals surface area (Å²) in [4.78, 5) is 0.284. The lowest BCUT2D eigenvalue weighted by atomic mass is 10.3. The highest BCUT2D eigenvalue weighted by Crippen LogP contribution is 2.26. The molecule has 0 unspecified atom stereocenters. The lowest BCUT2D eigenvalue weighted by Gasteiger charge is -2.12. The first-order valence-electron chi connectivity index (χ1n) is 6.49. The first kappa shape index (κ1) is 13.1. The number of rotatable bonds is 6. The molecule has 6 nitrogen and oxygen atoms in total. The molecule has 0 aliphatic heterocycles. The van der Waals surface area contributed by atoms with Crippen molar-refractivity contribution in [2.75, 3.05) is 5.32 Å². The SMILES string of the molecule is O=S(=O)(NC1CC1)c1ccccc1NCc1ccn[nH]1. The highest BCUT2D eigenvalue weighted by Gasteiger charge is 2.29. The Morgan fingerprint density at radius 1 is 1.25 bits per heavy atom. The molecule has 20 heavy (non-hydrogen) atoms. The van der Waals surface area contributed by atoms with Crippen LogP contribution in [-0.2, 0) is 16.6 Å². The van der Waals surface area contributed by atoms with Gasteiger partial charge in [0.1, 0.15) is 4.90 Å². The van der Waals surface area contributed by atoms with Gasteiger partial charge in [-0.2, -0.15) is 5.10 Å². The highest BCUT2D eigenvalue weighted by molar-refractivity contribution is 7.89. The lowest BCUT2D eigenvalue weighted by Crippen LogP contribution is -2.26. The van der Waals surface area contributed by atoms with Gasteiger partial charge in [0.05, 0.1) is 17.9 Å². The van der Waals surface area contributed by atoms with Crippen molar-refractivity contribution >= 4 is 15.7 Å². The van der Waals surface area contributed by atoms with E-state index < -0.39 is 10.0 Å². The Kier molecular flexibility index (Phi) is 3.45. The van der Waals surface area contributed by atoms with Crippen LogP contribution in [0.1, 0.15) is 18.5 Å². The van der Waals surface area contributed by atoms with Gasteiger partial charge in [0, 0.05) is 12.2 Å². The van der Waals surface area contributed by atoms with Crippen LogP contribution in [0.5, 0.6) is 0 Å². The maximum atomic E-state index is 12.3. The molecule has 1 heterocycles. The van der Waals surface area contributed by atoms with E-state index in [2.05, 4.69) is 20.2 Å². The van der Waals surface area contributed by atoms with E-state index in [9.17, 15) is 8.42 Å². The summed E-state index contributed by atoms with van der Waals surface area (Å²) in [5.41, 5.74) is 1.49. The second-order valence-electron chi connectivity index (χ2n) is 4.83. The molecule has 1 aliphatic rings. The molecule has 0 saturated heterocycles. The molecule has 3 rings (SSSR count). The third-order valence-electron chi connectivity index (χ3n) is 3.10. The minimum absolute atomic E-state index is 0.0978. The Morgan fingerprint density at radius 2 is 2.05 bits per heavy atom. The van der Waals surface area contributed by atoms with Gasteiger partial charge < -0.3 is 5.32 Å². The average molecular weight is 292 g/mol. The number of aromatic nitrogens is 2. The Bertz CT molecular complexity index is 678. The van der Waals surface area contributed by atoms with Crippen LogP contribution < -0.4 is 10.0 Å². The van der Waals surface area contributed by atoms with Crippen molar-refractivity contribution in [1.29, 1.82) is 0 Å². The minimum atomic E-state index is -3.46. The number of aromatic amines is 1. The number of sulfonamides is 1. The Hall–Kier alpha value is -1.86.